The maximum absolute atomic E-state index is 10.8. The zero-order valence-corrected chi connectivity index (χ0v) is 11.9. The third-order valence-corrected chi connectivity index (χ3v) is 3.66. The number of esters is 1. The van der Waals surface area contributed by atoms with E-state index in [1.807, 2.05) is 0 Å². The van der Waals surface area contributed by atoms with Gasteiger partial charge >= 0.3 is 5.97 Å². The van der Waals surface area contributed by atoms with Crippen molar-refractivity contribution in [1.29, 1.82) is 0 Å². The molecule has 0 aromatic carbocycles. The van der Waals surface area contributed by atoms with Crippen LogP contribution in [0.1, 0.15) is 34.1 Å². The van der Waals surface area contributed by atoms with Crippen LogP contribution in [-0.2, 0) is 9.53 Å². The molecule has 4 heteroatoms. The molecular formula is C12H25NO2S. The topological polar surface area (TPSA) is 38.3 Å². The van der Waals surface area contributed by atoms with Crippen LogP contribution in [0, 0.1) is 5.41 Å². The van der Waals surface area contributed by atoms with Crippen LogP contribution in [0.4, 0.5) is 0 Å². The first-order valence-electron chi connectivity index (χ1n) is 5.76. The molecule has 0 rings (SSSR count). The summed E-state index contributed by atoms with van der Waals surface area (Å²) in [5, 5.41) is 3.49. The number of hydrogen-bond acceptors (Lipinski definition) is 4. The first kappa shape index (κ1) is 15.8. The van der Waals surface area contributed by atoms with E-state index >= 15 is 0 Å². The number of methoxy groups -OCH3 is 1. The fourth-order valence-corrected chi connectivity index (χ4v) is 1.79. The van der Waals surface area contributed by atoms with Crippen LogP contribution in [0.3, 0.4) is 0 Å². The summed E-state index contributed by atoms with van der Waals surface area (Å²) >= 11 is 1.79. The van der Waals surface area contributed by atoms with E-state index in [2.05, 4.69) is 37.7 Å². The van der Waals surface area contributed by atoms with E-state index in [1.165, 1.54) is 7.11 Å². The molecular weight excluding hydrogens is 222 g/mol. The van der Waals surface area contributed by atoms with Crippen molar-refractivity contribution >= 4 is 17.7 Å². The zero-order chi connectivity index (χ0) is 12.6. The highest BCUT2D eigenvalue weighted by Gasteiger charge is 2.18. The minimum atomic E-state index is -0.122. The Hall–Kier alpha value is -0.220. The predicted molar refractivity (Wildman–Crippen MR) is 70.9 cm³/mol. The Labute approximate surface area is 104 Å². The summed E-state index contributed by atoms with van der Waals surface area (Å²) in [6, 6.07) is 0.508. The second kappa shape index (κ2) is 7.96. The largest absolute Gasteiger partial charge is 0.469 e. The Bertz CT molecular complexity index is 202. The molecule has 0 heterocycles. The lowest BCUT2D eigenvalue weighted by molar-refractivity contribution is -0.140. The van der Waals surface area contributed by atoms with Crippen molar-refractivity contribution in [1.82, 2.24) is 5.32 Å². The van der Waals surface area contributed by atoms with Gasteiger partial charge in [-0.05, 0) is 12.3 Å². The first-order chi connectivity index (χ1) is 7.38. The van der Waals surface area contributed by atoms with Crippen molar-refractivity contribution in [2.45, 2.75) is 40.2 Å². The number of hydrogen-bond donors (Lipinski definition) is 1. The number of thioether (sulfide) groups is 1. The van der Waals surface area contributed by atoms with Gasteiger partial charge in [-0.3, -0.25) is 4.79 Å². The van der Waals surface area contributed by atoms with Crippen LogP contribution in [0.15, 0.2) is 0 Å². The van der Waals surface area contributed by atoms with Gasteiger partial charge in [0.15, 0.2) is 0 Å². The average molecular weight is 247 g/mol. The lowest BCUT2D eigenvalue weighted by atomic mass is 9.88. The van der Waals surface area contributed by atoms with E-state index < -0.39 is 0 Å². The van der Waals surface area contributed by atoms with E-state index in [1.54, 1.807) is 11.8 Å². The van der Waals surface area contributed by atoms with Gasteiger partial charge < -0.3 is 10.1 Å². The Morgan fingerprint density at radius 2 is 2.00 bits per heavy atom. The lowest BCUT2D eigenvalue weighted by Crippen LogP contribution is -2.38. The smallest absolute Gasteiger partial charge is 0.306 e. The molecule has 0 fully saturated rings. The summed E-state index contributed by atoms with van der Waals surface area (Å²) in [6.45, 7) is 9.89. The van der Waals surface area contributed by atoms with Gasteiger partial charge in [-0.15, -0.1) is 0 Å². The Morgan fingerprint density at radius 1 is 1.38 bits per heavy atom. The quantitative estimate of drug-likeness (QED) is 0.553. The molecule has 1 atom stereocenters. The fourth-order valence-electron chi connectivity index (χ4n) is 1.01. The molecule has 0 aromatic rings. The summed E-state index contributed by atoms with van der Waals surface area (Å²) in [5.74, 6) is 1.76. The molecule has 0 aliphatic carbocycles. The zero-order valence-electron chi connectivity index (χ0n) is 11.1. The summed E-state index contributed by atoms with van der Waals surface area (Å²) in [6.07, 6.45) is 0.510. The molecule has 0 saturated carbocycles. The predicted octanol–water partition coefficient (Wildman–Crippen LogP) is 2.31. The van der Waals surface area contributed by atoms with Crippen LogP contribution in [0.2, 0.25) is 0 Å². The van der Waals surface area contributed by atoms with Crippen molar-refractivity contribution in [3.05, 3.63) is 0 Å². The molecule has 0 radical (unpaired) electrons. The number of carbonyl (C=O) groups excluding carboxylic acids is 1. The molecule has 0 saturated heterocycles. The van der Waals surface area contributed by atoms with Crippen molar-refractivity contribution in [2.75, 3.05) is 25.2 Å². The summed E-state index contributed by atoms with van der Waals surface area (Å²) in [4.78, 5) is 10.8. The van der Waals surface area contributed by atoms with Crippen LogP contribution in [0.5, 0.6) is 0 Å². The van der Waals surface area contributed by atoms with Crippen molar-refractivity contribution < 1.29 is 9.53 Å². The maximum atomic E-state index is 10.8. The van der Waals surface area contributed by atoms with E-state index in [-0.39, 0.29) is 5.97 Å². The monoisotopic (exact) mass is 247 g/mol. The van der Waals surface area contributed by atoms with Crippen LogP contribution in [0.25, 0.3) is 0 Å². The third-order valence-electron chi connectivity index (χ3n) is 2.67. The van der Waals surface area contributed by atoms with Crippen molar-refractivity contribution in [3.63, 3.8) is 0 Å². The minimum absolute atomic E-state index is 0.122. The fraction of sp³-hybridized carbons (Fsp3) is 0.917. The SMILES string of the molecule is COC(=O)CCSCCNC(C)C(C)(C)C. The number of carbonyl (C=O) groups is 1. The van der Waals surface area contributed by atoms with Gasteiger partial charge in [-0.25, -0.2) is 0 Å². The van der Waals surface area contributed by atoms with Gasteiger partial charge in [0.05, 0.1) is 13.5 Å². The molecule has 0 bridgehead atoms. The highest BCUT2D eigenvalue weighted by molar-refractivity contribution is 7.99. The lowest BCUT2D eigenvalue weighted by Gasteiger charge is -2.28. The van der Waals surface area contributed by atoms with Gasteiger partial charge in [-0.2, -0.15) is 11.8 Å². The summed E-state index contributed by atoms with van der Waals surface area (Å²) in [7, 11) is 1.43. The van der Waals surface area contributed by atoms with Gasteiger partial charge in [-0.1, -0.05) is 20.8 Å². The van der Waals surface area contributed by atoms with Gasteiger partial charge in [0, 0.05) is 24.1 Å². The number of nitrogens with one attached hydrogen (secondary N) is 1. The Kier molecular flexibility index (Phi) is 7.85. The molecule has 0 aromatic heterocycles. The minimum Gasteiger partial charge on any atom is -0.469 e. The molecule has 1 unspecified atom stereocenters. The molecule has 1 N–H and O–H groups in total. The van der Waals surface area contributed by atoms with E-state index in [9.17, 15) is 4.79 Å². The Balaban J connectivity index is 3.37. The third kappa shape index (κ3) is 7.99. The Morgan fingerprint density at radius 3 is 2.50 bits per heavy atom. The second-order valence-electron chi connectivity index (χ2n) is 4.98. The standard InChI is InChI=1S/C12H25NO2S/c1-10(12(2,3)4)13-7-9-16-8-6-11(14)15-5/h10,13H,6-9H2,1-5H3. The molecule has 0 spiro atoms. The van der Waals surface area contributed by atoms with E-state index in [0.29, 0.717) is 17.9 Å². The number of rotatable bonds is 7. The van der Waals surface area contributed by atoms with Gasteiger partial charge in [0.2, 0.25) is 0 Å². The van der Waals surface area contributed by atoms with Crippen molar-refractivity contribution in [3.8, 4) is 0 Å². The molecule has 96 valence electrons. The highest BCUT2D eigenvalue weighted by Crippen LogP contribution is 2.18. The van der Waals surface area contributed by atoms with Crippen LogP contribution >= 0.6 is 11.8 Å². The maximum Gasteiger partial charge on any atom is 0.306 e. The normalized spacial score (nSPS) is 13.6. The van der Waals surface area contributed by atoms with Crippen LogP contribution < -0.4 is 5.32 Å². The average Bonchev–Trinajstić information content (AvgIpc) is 2.20. The van der Waals surface area contributed by atoms with Gasteiger partial charge in [0.1, 0.15) is 0 Å². The molecule has 3 nitrogen and oxygen atoms in total. The summed E-state index contributed by atoms with van der Waals surface area (Å²) in [5.41, 5.74) is 0.302. The van der Waals surface area contributed by atoms with E-state index in [0.717, 1.165) is 18.1 Å². The highest BCUT2D eigenvalue weighted by atomic mass is 32.2. The van der Waals surface area contributed by atoms with Gasteiger partial charge in [0.25, 0.3) is 0 Å². The first-order valence-corrected chi connectivity index (χ1v) is 6.91. The van der Waals surface area contributed by atoms with E-state index in [4.69, 9.17) is 0 Å². The second-order valence-corrected chi connectivity index (χ2v) is 6.21. The molecule has 0 aliphatic rings. The molecule has 0 amide bonds. The molecule has 16 heavy (non-hydrogen) atoms. The molecule has 0 aliphatic heterocycles. The number of ether oxygens (including phenoxy) is 1. The van der Waals surface area contributed by atoms with Crippen LogP contribution in [-0.4, -0.2) is 37.2 Å². The van der Waals surface area contributed by atoms with Crippen molar-refractivity contribution in [2.24, 2.45) is 5.41 Å². The summed E-state index contributed by atoms with van der Waals surface area (Å²) < 4.78 is 4.57.